The van der Waals surface area contributed by atoms with Gasteiger partial charge in [0.15, 0.2) is 0 Å². The quantitative estimate of drug-likeness (QED) is 0.784. The Balaban J connectivity index is 1.68. The molecule has 1 aromatic carbocycles. The molecule has 0 saturated carbocycles. The molecule has 3 N–H and O–H groups in total. The van der Waals surface area contributed by atoms with Gasteiger partial charge in [-0.1, -0.05) is 0 Å². The van der Waals surface area contributed by atoms with E-state index in [4.69, 9.17) is 0 Å². The lowest BCUT2D eigenvalue weighted by Gasteiger charge is -2.18. The van der Waals surface area contributed by atoms with Gasteiger partial charge in [-0.2, -0.15) is 0 Å². The maximum Gasteiger partial charge on any atom is 0.254 e. The highest BCUT2D eigenvalue weighted by molar-refractivity contribution is 5.98. The van der Waals surface area contributed by atoms with Crippen molar-refractivity contribution in [3.05, 3.63) is 29.1 Å². The van der Waals surface area contributed by atoms with Crippen LogP contribution in [0.3, 0.4) is 0 Å². The number of nitrogens with one attached hydrogen (secondary N) is 3. The first kappa shape index (κ1) is 14.9. The molecule has 0 aliphatic carbocycles. The van der Waals surface area contributed by atoms with E-state index in [1.165, 1.54) is 12.1 Å². The Bertz CT molecular complexity index is 621. The number of amides is 2. The molecule has 2 aliphatic rings. The predicted octanol–water partition coefficient (Wildman–Crippen LogP) is 1.14. The normalized spacial score (nSPS) is 23.8. The molecule has 1 saturated heterocycles. The first-order valence-electron chi connectivity index (χ1n) is 7.31. The Kier molecular flexibility index (Phi) is 4.06. The number of hydrogen-bond donors (Lipinski definition) is 3. The maximum atomic E-state index is 14.0. The molecule has 3 rings (SSSR count). The Morgan fingerprint density at radius 1 is 1.36 bits per heavy atom. The van der Waals surface area contributed by atoms with Gasteiger partial charge in [-0.15, -0.1) is 0 Å². The molecule has 5 nitrogen and oxygen atoms in total. The van der Waals surface area contributed by atoms with E-state index in [-0.39, 0.29) is 30.6 Å². The second-order valence-electron chi connectivity index (χ2n) is 5.69. The van der Waals surface area contributed by atoms with Crippen LogP contribution in [0.15, 0.2) is 12.1 Å². The van der Waals surface area contributed by atoms with Crippen LogP contribution < -0.4 is 16.0 Å². The van der Waals surface area contributed by atoms with Gasteiger partial charge in [-0.25, -0.2) is 8.78 Å². The summed E-state index contributed by atoms with van der Waals surface area (Å²) in [6.07, 6.45) is 0.254. The van der Waals surface area contributed by atoms with Crippen molar-refractivity contribution in [3.63, 3.8) is 0 Å². The molecule has 2 heterocycles. The summed E-state index contributed by atoms with van der Waals surface area (Å²) in [6, 6.07) is 2.52. The third-order valence-corrected chi connectivity index (χ3v) is 4.01. The van der Waals surface area contributed by atoms with Crippen LogP contribution in [0.1, 0.15) is 28.8 Å². The first-order valence-corrected chi connectivity index (χ1v) is 7.31. The molecule has 0 spiro atoms. The van der Waals surface area contributed by atoms with Crippen molar-refractivity contribution in [2.75, 3.05) is 18.4 Å². The molecule has 118 valence electrons. The highest BCUT2D eigenvalue weighted by Crippen LogP contribution is 2.25. The Hall–Kier alpha value is -2.02. The Morgan fingerprint density at radius 3 is 2.91 bits per heavy atom. The summed E-state index contributed by atoms with van der Waals surface area (Å²) < 4.78 is 27.1. The number of benzene rings is 1. The lowest BCUT2D eigenvalue weighted by molar-refractivity contribution is -0.116. The number of anilines is 1. The van der Waals surface area contributed by atoms with Crippen molar-refractivity contribution in [1.29, 1.82) is 0 Å². The fourth-order valence-corrected chi connectivity index (χ4v) is 2.81. The predicted molar refractivity (Wildman–Crippen MR) is 77.0 cm³/mol. The number of aryl methyl sites for hydroxylation is 1. The molecule has 1 aromatic rings. The molecule has 22 heavy (non-hydrogen) atoms. The topological polar surface area (TPSA) is 70.2 Å². The van der Waals surface area contributed by atoms with E-state index in [0.717, 1.165) is 5.56 Å². The molecule has 2 amide bonds. The maximum absolute atomic E-state index is 14.0. The third kappa shape index (κ3) is 3.09. The van der Waals surface area contributed by atoms with Crippen LogP contribution in [-0.2, 0) is 11.2 Å². The highest BCUT2D eigenvalue weighted by atomic mass is 19.1. The summed E-state index contributed by atoms with van der Waals surface area (Å²) in [5.41, 5.74) is 1.11. The largest absolute Gasteiger partial charge is 0.350 e. The molecule has 0 aromatic heterocycles. The molecule has 2 atom stereocenters. The van der Waals surface area contributed by atoms with Gasteiger partial charge in [0.05, 0.1) is 5.56 Å². The van der Waals surface area contributed by atoms with Gasteiger partial charge in [0.25, 0.3) is 5.91 Å². The summed E-state index contributed by atoms with van der Waals surface area (Å²) >= 11 is 0. The van der Waals surface area contributed by atoms with Crippen LogP contribution in [0.25, 0.3) is 0 Å². The molecule has 1 fully saturated rings. The van der Waals surface area contributed by atoms with Gasteiger partial charge >= 0.3 is 0 Å². The van der Waals surface area contributed by atoms with Gasteiger partial charge in [0, 0.05) is 31.2 Å². The van der Waals surface area contributed by atoms with Gasteiger partial charge < -0.3 is 16.0 Å². The molecule has 0 unspecified atom stereocenters. The Labute approximate surface area is 126 Å². The fourth-order valence-electron chi connectivity index (χ4n) is 2.81. The zero-order valence-corrected chi connectivity index (χ0v) is 11.9. The highest BCUT2D eigenvalue weighted by Gasteiger charge is 2.25. The van der Waals surface area contributed by atoms with Gasteiger partial charge in [-0.05, 0) is 30.5 Å². The number of rotatable bonds is 3. The number of carbonyl (C=O) groups excluding carboxylic acids is 2. The number of hydrogen-bond acceptors (Lipinski definition) is 3. The summed E-state index contributed by atoms with van der Waals surface area (Å²) in [6.45, 7) is 0.542. The van der Waals surface area contributed by atoms with E-state index in [1.807, 2.05) is 0 Å². The number of carbonyl (C=O) groups is 2. The third-order valence-electron chi connectivity index (χ3n) is 4.01. The summed E-state index contributed by atoms with van der Waals surface area (Å²) in [7, 11) is 0. The van der Waals surface area contributed by atoms with E-state index >= 15 is 0 Å². The number of halogens is 2. The minimum atomic E-state index is -0.897. The van der Waals surface area contributed by atoms with E-state index in [0.29, 0.717) is 24.9 Å². The van der Waals surface area contributed by atoms with Gasteiger partial charge in [0.1, 0.15) is 12.0 Å². The molecule has 7 heteroatoms. The van der Waals surface area contributed by atoms with Crippen molar-refractivity contribution in [2.24, 2.45) is 0 Å². The SMILES string of the molecule is O=C1CCc2cc(C(=O)NC[C@@H]3C[C@H](F)CN3)c(F)cc2N1. The van der Waals surface area contributed by atoms with Crippen LogP contribution in [-0.4, -0.2) is 37.1 Å². The average Bonchev–Trinajstić information content (AvgIpc) is 2.89. The van der Waals surface area contributed by atoms with Crippen LogP contribution in [0.2, 0.25) is 0 Å². The Morgan fingerprint density at radius 2 is 2.18 bits per heavy atom. The summed E-state index contributed by atoms with van der Waals surface area (Å²) in [5, 5.41) is 8.16. The second kappa shape index (κ2) is 6.00. The van der Waals surface area contributed by atoms with Crippen LogP contribution in [0.5, 0.6) is 0 Å². The molecule has 2 aliphatic heterocycles. The van der Waals surface area contributed by atoms with Crippen LogP contribution in [0.4, 0.5) is 14.5 Å². The summed E-state index contributed by atoms with van der Waals surface area (Å²) in [4.78, 5) is 23.4. The molecular formula is C15H17F2N3O2. The monoisotopic (exact) mass is 309 g/mol. The minimum Gasteiger partial charge on any atom is -0.350 e. The van der Waals surface area contributed by atoms with E-state index in [2.05, 4.69) is 16.0 Å². The molecule has 0 radical (unpaired) electrons. The van der Waals surface area contributed by atoms with E-state index in [9.17, 15) is 18.4 Å². The van der Waals surface area contributed by atoms with Crippen molar-refractivity contribution < 1.29 is 18.4 Å². The molecular weight excluding hydrogens is 292 g/mol. The van der Waals surface area contributed by atoms with Crippen molar-refractivity contribution in [3.8, 4) is 0 Å². The van der Waals surface area contributed by atoms with Crippen molar-refractivity contribution in [1.82, 2.24) is 10.6 Å². The standard InChI is InChI=1S/C15H17F2N3O2/c16-9-4-10(18-6-9)7-19-15(22)11-3-8-1-2-14(21)20-13(8)5-12(11)17/h3,5,9-10,18H,1-2,4,6-7H2,(H,19,22)(H,20,21)/t9-,10-/m0/s1. The average molecular weight is 309 g/mol. The lowest BCUT2D eigenvalue weighted by Crippen LogP contribution is -2.37. The van der Waals surface area contributed by atoms with E-state index in [1.54, 1.807) is 0 Å². The second-order valence-corrected chi connectivity index (χ2v) is 5.69. The lowest BCUT2D eigenvalue weighted by atomic mass is 9.99. The summed E-state index contributed by atoms with van der Waals surface area (Å²) in [5.74, 6) is -1.36. The van der Waals surface area contributed by atoms with E-state index < -0.39 is 17.9 Å². The minimum absolute atomic E-state index is 0.0512. The van der Waals surface area contributed by atoms with Crippen LogP contribution >= 0.6 is 0 Å². The fraction of sp³-hybridized carbons (Fsp3) is 0.467. The number of alkyl halides is 1. The number of fused-ring (bicyclic) bond motifs is 1. The first-order chi connectivity index (χ1) is 10.5. The van der Waals surface area contributed by atoms with Crippen molar-refractivity contribution >= 4 is 17.5 Å². The van der Waals surface area contributed by atoms with Gasteiger partial charge in [0.2, 0.25) is 5.91 Å². The zero-order valence-electron chi connectivity index (χ0n) is 11.9. The van der Waals surface area contributed by atoms with Crippen LogP contribution in [0, 0.1) is 5.82 Å². The zero-order chi connectivity index (χ0) is 15.7. The van der Waals surface area contributed by atoms with Crippen molar-refractivity contribution in [2.45, 2.75) is 31.5 Å². The van der Waals surface area contributed by atoms with Gasteiger partial charge in [-0.3, -0.25) is 9.59 Å². The smallest absolute Gasteiger partial charge is 0.254 e. The molecule has 0 bridgehead atoms.